The molecule has 0 aliphatic rings. The van der Waals surface area contributed by atoms with Gasteiger partial charge in [-0.15, -0.1) is 0 Å². The summed E-state index contributed by atoms with van der Waals surface area (Å²) in [5.41, 5.74) is 1.31. The summed E-state index contributed by atoms with van der Waals surface area (Å²) >= 11 is 0.722. The highest BCUT2D eigenvalue weighted by molar-refractivity contribution is 8.04. The molecule has 2 aromatic heterocycles. The van der Waals surface area contributed by atoms with E-state index in [-0.39, 0.29) is 34.3 Å². The number of fused-ring (bicyclic) bond motifs is 1. The van der Waals surface area contributed by atoms with Crippen molar-refractivity contribution in [2.75, 3.05) is 27.4 Å². The average molecular weight is 449 g/mol. The number of carbonyl (C=O) groups excluding carboxylic acids is 4. The zero-order chi connectivity index (χ0) is 23.1. The maximum Gasteiger partial charge on any atom is 0.356 e. The van der Waals surface area contributed by atoms with Crippen LogP contribution in [0.5, 0.6) is 0 Å². The van der Waals surface area contributed by atoms with Gasteiger partial charge in [-0.3, -0.25) is 0 Å². The average Bonchev–Trinajstić information content (AvgIpc) is 3.05. The molecular weight excluding hydrogens is 426 g/mol. The van der Waals surface area contributed by atoms with E-state index in [0.717, 1.165) is 37.6 Å². The summed E-state index contributed by atoms with van der Waals surface area (Å²) in [5.74, 6) is -3.04. The van der Waals surface area contributed by atoms with Crippen LogP contribution in [-0.4, -0.2) is 55.7 Å². The number of hydrogen-bond donors (Lipinski definition) is 0. The number of hydrogen-bond acceptors (Lipinski definition) is 9. The number of ether oxygens (including phenoxy) is 4. The molecule has 166 valence electrons. The molecule has 2 rings (SSSR count). The van der Waals surface area contributed by atoms with Crippen LogP contribution in [0.4, 0.5) is 0 Å². The first kappa shape index (κ1) is 24.0. The van der Waals surface area contributed by atoms with Crippen LogP contribution in [0.2, 0.25) is 0 Å². The van der Waals surface area contributed by atoms with Gasteiger partial charge in [-0.25, -0.2) is 19.2 Å². The highest BCUT2D eigenvalue weighted by atomic mass is 32.2. The molecule has 2 aromatic rings. The van der Waals surface area contributed by atoms with Gasteiger partial charge in [-0.05, 0) is 38.5 Å². The molecule has 0 amide bonds. The third-order valence-electron chi connectivity index (χ3n) is 4.05. The van der Waals surface area contributed by atoms with E-state index in [9.17, 15) is 19.2 Å². The highest BCUT2D eigenvalue weighted by Crippen LogP contribution is 2.38. The molecule has 10 heteroatoms. The van der Waals surface area contributed by atoms with Gasteiger partial charge in [0.2, 0.25) is 0 Å². The van der Waals surface area contributed by atoms with Crippen LogP contribution in [-0.2, 0) is 28.5 Å². The van der Waals surface area contributed by atoms with Crippen molar-refractivity contribution in [2.45, 2.75) is 25.7 Å². The number of aromatic nitrogens is 1. The van der Waals surface area contributed by atoms with Gasteiger partial charge in [0.25, 0.3) is 0 Å². The first-order valence-electron chi connectivity index (χ1n) is 9.33. The Labute approximate surface area is 183 Å². The predicted octanol–water partition coefficient (Wildman–Crippen LogP) is 2.92. The normalized spacial score (nSPS) is 11.2. The minimum atomic E-state index is -0.841. The fourth-order valence-electron chi connectivity index (χ4n) is 2.73. The predicted molar refractivity (Wildman–Crippen MR) is 112 cm³/mol. The van der Waals surface area contributed by atoms with Crippen molar-refractivity contribution in [1.29, 1.82) is 0 Å². The molecule has 2 heterocycles. The van der Waals surface area contributed by atoms with Crippen LogP contribution in [0.15, 0.2) is 34.2 Å². The molecule has 0 N–H and O–H groups in total. The van der Waals surface area contributed by atoms with Crippen molar-refractivity contribution < 1.29 is 38.1 Å². The number of esters is 4. The van der Waals surface area contributed by atoms with Crippen molar-refractivity contribution in [3.63, 3.8) is 0 Å². The topological polar surface area (TPSA) is 110 Å². The SMILES string of the molecule is CCOC(=O)c1c(S/C(=C/C(=O)OC)C(=O)OC)c(C(=O)OCC)n2ccc(C)cc12. The molecule has 9 nitrogen and oxygen atoms in total. The Morgan fingerprint density at radius 1 is 1.03 bits per heavy atom. The van der Waals surface area contributed by atoms with Gasteiger partial charge in [-0.2, -0.15) is 0 Å². The number of rotatable bonds is 8. The van der Waals surface area contributed by atoms with Crippen LogP contribution in [0.25, 0.3) is 5.52 Å². The molecule has 0 saturated heterocycles. The second-order valence-electron chi connectivity index (χ2n) is 6.08. The molecule has 31 heavy (non-hydrogen) atoms. The number of aryl methyl sites for hydroxylation is 1. The smallest absolute Gasteiger partial charge is 0.356 e. The van der Waals surface area contributed by atoms with Crippen molar-refractivity contribution in [1.82, 2.24) is 4.40 Å². The number of methoxy groups -OCH3 is 2. The van der Waals surface area contributed by atoms with E-state index in [1.165, 1.54) is 4.40 Å². The van der Waals surface area contributed by atoms with Crippen LogP contribution in [0, 0.1) is 6.92 Å². The number of thioether (sulfide) groups is 1. The van der Waals surface area contributed by atoms with Crippen molar-refractivity contribution >= 4 is 41.2 Å². The summed E-state index contributed by atoms with van der Waals surface area (Å²) < 4.78 is 21.2. The summed E-state index contributed by atoms with van der Waals surface area (Å²) in [4.78, 5) is 49.7. The molecule has 0 unspecified atom stereocenters. The molecule has 0 fully saturated rings. The third kappa shape index (κ3) is 5.26. The maximum atomic E-state index is 12.9. The van der Waals surface area contributed by atoms with E-state index in [1.54, 1.807) is 32.2 Å². The van der Waals surface area contributed by atoms with E-state index < -0.39 is 23.9 Å². The maximum absolute atomic E-state index is 12.9. The Kier molecular flexibility index (Phi) is 8.26. The Morgan fingerprint density at radius 3 is 2.26 bits per heavy atom. The zero-order valence-corrected chi connectivity index (χ0v) is 18.7. The number of nitrogens with zero attached hydrogens (tertiary/aromatic N) is 1. The van der Waals surface area contributed by atoms with Gasteiger partial charge in [0, 0.05) is 12.3 Å². The van der Waals surface area contributed by atoms with E-state index in [2.05, 4.69) is 4.74 Å². The molecule has 0 aliphatic carbocycles. The Balaban J connectivity index is 2.86. The quantitative estimate of drug-likeness (QED) is 0.260. The van der Waals surface area contributed by atoms with Crippen LogP contribution < -0.4 is 0 Å². The lowest BCUT2D eigenvalue weighted by Crippen LogP contribution is -2.11. The van der Waals surface area contributed by atoms with Crippen molar-refractivity contribution in [2.24, 2.45) is 0 Å². The van der Waals surface area contributed by atoms with E-state index in [0.29, 0.717) is 5.52 Å². The molecule has 0 radical (unpaired) electrons. The Hall–Kier alpha value is -3.27. The summed E-state index contributed by atoms with van der Waals surface area (Å²) in [6.07, 6.45) is 2.54. The minimum absolute atomic E-state index is 0.0181. The number of pyridine rings is 1. The second kappa shape index (κ2) is 10.7. The monoisotopic (exact) mass is 449 g/mol. The van der Waals surface area contributed by atoms with Gasteiger partial charge < -0.3 is 23.3 Å². The van der Waals surface area contributed by atoms with Gasteiger partial charge in [-0.1, -0.05) is 11.8 Å². The summed E-state index contributed by atoms with van der Waals surface area (Å²) in [7, 11) is 2.30. The van der Waals surface area contributed by atoms with Crippen LogP contribution >= 0.6 is 11.8 Å². The Bertz CT molecular complexity index is 1050. The first-order valence-corrected chi connectivity index (χ1v) is 10.1. The zero-order valence-electron chi connectivity index (χ0n) is 17.8. The molecule has 0 bridgehead atoms. The first-order chi connectivity index (χ1) is 14.8. The van der Waals surface area contributed by atoms with Crippen LogP contribution in [0.3, 0.4) is 0 Å². The molecule has 0 aromatic carbocycles. The highest BCUT2D eigenvalue weighted by Gasteiger charge is 2.31. The lowest BCUT2D eigenvalue weighted by molar-refractivity contribution is -0.137. The largest absolute Gasteiger partial charge is 0.466 e. The van der Waals surface area contributed by atoms with Crippen molar-refractivity contribution in [3.05, 3.63) is 46.1 Å². The summed E-state index contributed by atoms with van der Waals surface area (Å²) in [6.45, 7) is 5.32. The molecule has 0 atom stereocenters. The van der Waals surface area contributed by atoms with E-state index in [4.69, 9.17) is 14.2 Å². The Morgan fingerprint density at radius 2 is 1.68 bits per heavy atom. The fourth-order valence-corrected chi connectivity index (χ4v) is 3.84. The molecule has 0 saturated carbocycles. The standard InChI is InChI=1S/C21H23NO8S/c1-6-29-20(25)16-13-10-12(3)8-9-22(13)17(21(26)30-7-2)18(16)31-14(19(24)28-5)11-15(23)27-4/h8-11H,6-7H2,1-5H3/b14-11+. The summed E-state index contributed by atoms with van der Waals surface area (Å²) in [6, 6.07) is 3.46. The van der Waals surface area contributed by atoms with E-state index >= 15 is 0 Å². The van der Waals surface area contributed by atoms with Gasteiger partial charge in [0.15, 0.2) is 0 Å². The second-order valence-corrected chi connectivity index (χ2v) is 7.13. The fraction of sp³-hybridized carbons (Fsp3) is 0.333. The third-order valence-corrected chi connectivity index (χ3v) is 5.15. The number of carbonyl (C=O) groups is 4. The lowest BCUT2D eigenvalue weighted by atomic mass is 10.2. The van der Waals surface area contributed by atoms with Crippen molar-refractivity contribution in [3.8, 4) is 0 Å². The minimum Gasteiger partial charge on any atom is -0.466 e. The van der Waals surface area contributed by atoms with Gasteiger partial charge in [0.05, 0.1) is 43.4 Å². The van der Waals surface area contributed by atoms with Gasteiger partial charge in [0.1, 0.15) is 10.6 Å². The van der Waals surface area contributed by atoms with Gasteiger partial charge >= 0.3 is 23.9 Å². The molecular formula is C21H23NO8S. The summed E-state index contributed by atoms with van der Waals surface area (Å²) in [5, 5.41) is 0. The van der Waals surface area contributed by atoms with Crippen LogP contribution in [0.1, 0.15) is 40.3 Å². The molecule has 0 spiro atoms. The molecule has 0 aliphatic heterocycles. The van der Waals surface area contributed by atoms with E-state index in [1.807, 2.05) is 6.92 Å². The lowest BCUT2D eigenvalue weighted by Gasteiger charge is -2.09.